The molecule has 4 heteroatoms. The van der Waals surface area contributed by atoms with E-state index >= 15 is 0 Å². The second kappa shape index (κ2) is 5.92. The van der Waals surface area contributed by atoms with Crippen molar-refractivity contribution in [1.29, 1.82) is 0 Å². The molecule has 0 N–H and O–H groups in total. The van der Waals surface area contributed by atoms with Gasteiger partial charge in [-0.2, -0.15) is 0 Å². The average molecular weight is 370 g/mol. The summed E-state index contributed by atoms with van der Waals surface area (Å²) in [7, 11) is 0. The Hall–Kier alpha value is -0.540. The summed E-state index contributed by atoms with van der Waals surface area (Å²) in [4.78, 5) is 4.79. The summed E-state index contributed by atoms with van der Waals surface area (Å²) in [6.07, 6.45) is 3.81. The van der Waals surface area contributed by atoms with Crippen molar-refractivity contribution in [1.82, 2.24) is 9.55 Å². The number of fused-ring (bicyclic) bond motifs is 1. The lowest BCUT2D eigenvalue weighted by molar-refractivity contribution is 0.329. The van der Waals surface area contributed by atoms with Crippen LogP contribution in [-0.2, 0) is 0 Å². The van der Waals surface area contributed by atoms with Crippen molar-refractivity contribution < 1.29 is 0 Å². The molecule has 1 aromatic heterocycles. The zero-order chi connectivity index (χ0) is 15.1. The Bertz CT molecular complexity index is 650. The van der Waals surface area contributed by atoms with E-state index in [1.54, 1.807) is 0 Å². The molecule has 114 valence electrons. The van der Waals surface area contributed by atoms with Crippen LogP contribution < -0.4 is 0 Å². The third-order valence-electron chi connectivity index (χ3n) is 5.07. The molecule has 2 nitrogen and oxygen atoms in total. The highest BCUT2D eigenvalue weighted by Crippen LogP contribution is 2.44. The average Bonchev–Trinajstić information content (AvgIpc) is 2.98. The Morgan fingerprint density at radius 3 is 2.81 bits per heavy atom. The maximum absolute atomic E-state index is 6.42. The fourth-order valence-corrected chi connectivity index (χ4v) is 4.38. The lowest BCUT2D eigenvalue weighted by Gasteiger charge is -2.24. The number of imidazole rings is 1. The summed E-state index contributed by atoms with van der Waals surface area (Å²) in [5.41, 5.74) is 2.26. The molecule has 0 spiro atoms. The predicted octanol–water partition coefficient (Wildman–Crippen LogP) is 6.10. The smallest absolute Gasteiger partial charge is 0.127 e. The van der Waals surface area contributed by atoms with E-state index in [2.05, 4.69) is 52.5 Å². The minimum absolute atomic E-state index is 0.0657. The second-order valence-electron chi connectivity index (χ2n) is 6.26. The molecule has 0 amide bonds. The van der Waals surface area contributed by atoms with Crippen molar-refractivity contribution in [3.05, 3.63) is 28.5 Å². The van der Waals surface area contributed by atoms with Crippen LogP contribution in [0, 0.1) is 11.8 Å². The lowest BCUT2D eigenvalue weighted by Crippen LogP contribution is -2.18. The van der Waals surface area contributed by atoms with Gasteiger partial charge in [0.2, 0.25) is 0 Å². The largest absolute Gasteiger partial charge is 0.323 e. The van der Waals surface area contributed by atoms with E-state index in [0.29, 0.717) is 12.0 Å². The molecule has 3 rings (SSSR count). The Morgan fingerprint density at radius 1 is 1.43 bits per heavy atom. The molecule has 1 aromatic carbocycles. The van der Waals surface area contributed by atoms with Crippen molar-refractivity contribution in [3.63, 3.8) is 0 Å². The van der Waals surface area contributed by atoms with Gasteiger partial charge in [0, 0.05) is 10.5 Å². The van der Waals surface area contributed by atoms with Crippen molar-refractivity contribution in [3.8, 4) is 0 Å². The van der Waals surface area contributed by atoms with Crippen LogP contribution in [-0.4, -0.2) is 9.55 Å². The van der Waals surface area contributed by atoms with Gasteiger partial charge in [0.15, 0.2) is 0 Å². The number of hydrogen-bond donors (Lipinski definition) is 0. The number of hydrogen-bond acceptors (Lipinski definition) is 1. The predicted molar refractivity (Wildman–Crippen MR) is 92.9 cm³/mol. The van der Waals surface area contributed by atoms with Crippen LogP contribution in [0.1, 0.15) is 57.3 Å². The van der Waals surface area contributed by atoms with Crippen LogP contribution >= 0.6 is 27.5 Å². The maximum Gasteiger partial charge on any atom is 0.127 e. The minimum Gasteiger partial charge on any atom is -0.323 e. The van der Waals surface area contributed by atoms with Crippen LogP contribution in [0.4, 0.5) is 0 Å². The molecule has 4 atom stereocenters. The van der Waals surface area contributed by atoms with Gasteiger partial charge < -0.3 is 4.57 Å². The molecule has 1 aliphatic carbocycles. The molecule has 1 fully saturated rings. The molecule has 0 bridgehead atoms. The summed E-state index contributed by atoms with van der Waals surface area (Å²) >= 11 is 10.0. The summed E-state index contributed by atoms with van der Waals surface area (Å²) in [5.74, 6) is 2.51. The van der Waals surface area contributed by atoms with Gasteiger partial charge >= 0.3 is 0 Å². The number of alkyl halides is 1. The molecule has 21 heavy (non-hydrogen) atoms. The lowest BCUT2D eigenvalue weighted by atomic mass is 9.93. The van der Waals surface area contributed by atoms with Gasteiger partial charge in [-0.1, -0.05) is 36.2 Å². The highest BCUT2D eigenvalue weighted by Gasteiger charge is 2.35. The molecular weight excluding hydrogens is 348 g/mol. The van der Waals surface area contributed by atoms with E-state index in [4.69, 9.17) is 16.6 Å². The molecule has 1 saturated carbocycles. The van der Waals surface area contributed by atoms with Gasteiger partial charge in [-0.25, -0.2) is 4.98 Å². The van der Waals surface area contributed by atoms with E-state index in [9.17, 15) is 0 Å². The van der Waals surface area contributed by atoms with Gasteiger partial charge in [-0.05, 0) is 49.8 Å². The fourth-order valence-electron chi connectivity index (χ4n) is 3.88. The van der Waals surface area contributed by atoms with Gasteiger partial charge in [0.05, 0.1) is 16.4 Å². The third kappa shape index (κ3) is 2.63. The van der Waals surface area contributed by atoms with Crippen molar-refractivity contribution in [2.45, 2.75) is 51.5 Å². The molecule has 1 heterocycles. The van der Waals surface area contributed by atoms with Crippen LogP contribution in [0.15, 0.2) is 22.7 Å². The number of benzene rings is 1. The molecule has 4 unspecified atom stereocenters. The highest BCUT2D eigenvalue weighted by atomic mass is 79.9. The zero-order valence-electron chi connectivity index (χ0n) is 12.8. The zero-order valence-corrected chi connectivity index (χ0v) is 15.2. The quantitative estimate of drug-likeness (QED) is 0.598. The summed E-state index contributed by atoms with van der Waals surface area (Å²) in [6, 6.07) is 6.83. The van der Waals surface area contributed by atoms with E-state index in [-0.39, 0.29) is 5.38 Å². The Morgan fingerprint density at radius 2 is 2.19 bits per heavy atom. The van der Waals surface area contributed by atoms with E-state index in [1.165, 1.54) is 24.8 Å². The van der Waals surface area contributed by atoms with Crippen LogP contribution in [0.3, 0.4) is 0 Å². The van der Waals surface area contributed by atoms with Gasteiger partial charge in [-0.3, -0.25) is 0 Å². The molecule has 0 aliphatic heterocycles. The molecule has 2 aromatic rings. The normalized spacial score (nSPS) is 27.4. The summed E-state index contributed by atoms with van der Waals surface area (Å²) < 4.78 is 3.51. The Kier molecular flexibility index (Phi) is 4.33. The summed E-state index contributed by atoms with van der Waals surface area (Å²) in [6.45, 7) is 6.71. The van der Waals surface area contributed by atoms with Gasteiger partial charge in [0.1, 0.15) is 5.82 Å². The first kappa shape index (κ1) is 15.4. The van der Waals surface area contributed by atoms with E-state index in [0.717, 1.165) is 21.7 Å². The first-order valence-electron chi connectivity index (χ1n) is 7.84. The van der Waals surface area contributed by atoms with E-state index in [1.807, 2.05) is 6.92 Å². The summed E-state index contributed by atoms with van der Waals surface area (Å²) in [5, 5.41) is -0.0657. The molecule has 1 aliphatic rings. The molecule has 0 radical (unpaired) electrons. The number of halogens is 2. The van der Waals surface area contributed by atoms with Crippen LogP contribution in [0.2, 0.25) is 0 Å². The SMILES string of the molecule is CCC1CCC(n2c(C(C)Cl)nc3ccc(Br)cc32)C1C. The molecule has 0 saturated heterocycles. The number of aromatic nitrogens is 2. The number of nitrogens with zero attached hydrogens (tertiary/aromatic N) is 2. The Labute approximate surface area is 140 Å². The van der Waals surface area contributed by atoms with Gasteiger partial charge in [0.25, 0.3) is 0 Å². The van der Waals surface area contributed by atoms with E-state index < -0.39 is 0 Å². The van der Waals surface area contributed by atoms with Crippen molar-refractivity contribution >= 4 is 38.6 Å². The highest BCUT2D eigenvalue weighted by molar-refractivity contribution is 9.10. The van der Waals surface area contributed by atoms with Crippen molar-refractivity contribution in [2.24, 2.45) is 11.8 Å². The monoisotopic (exact) mass is 368 g/mol. The number of rotatable bonds is 3. The Balaban J connectivity index is 2.15. The van der Waals surface area contributed by atoms with Crippen LogP contribution in [0.5, 0.6) is 0 Å². The minimum atomic E-state index is -0.0657. The first-order chi connectivity index (χ1) is 10.0. The standard InChI is InChI=1S/C17H22BrClN2/c1-4-12-5-8-15(10(12)2)21-16-9-13(18)6-7-14(16)20-17(21)11(3)19/h6-7,9-12,15H,4-5,8H2,1-3H3. The van der Waals surface area contributed by atoms with Gasteiger partial charge in [-0.15, -0.1) is 11.6 Å². The second-order valence-corrected chi connectivity index (χ2v) is 7.83. The third-order valence-corrected chi connectivity index (χ3v) is 5.76. The van der Waals surface area contributed by atoms with Crippen molar-refractivity contribution in [2.75, 3.05) is 0 Å². The maximum atomic E-state index is 6.42. The topological polar surface area (TPSA) is 17.8 Å². The molecular formula is C17H22BrClN2. The first-order valence-corrected chi connectivity index (χ1v) is 9.07. The fraction of sp³-hybridized carbons (Fsp3) is 0.588. The van der Waals surface area contributed by atoms with Crippen LogP contribution in [0.25, 0.3) is 11.0 Å².